The van der Waals surface area contributed by atoms with E-state index in [2.05, 4.69) is 36.2 Å². The Hall–Kier alpha value is -1.66. The van der Waals surface area contributed by atoms with E-state index in [-0.39, 0.29) is 5.91 Å². The van der Waals surface area contributed by atoms with Crippen molar-refractivity contribution in [2.24, 2.45) is 5.73 Å². The van der Waals surface area contributed by atoms with Crippen LogP contribution in [0.5, 0.6) is 0 Å². The second-order valence-corrected chi connectivity index (χ2v) is 8.16. The molecule has 0 spiro atoms. The quantitative estimate of drug-likeness (QED) is 0.699. The van der Waals surface area contributed by atoms with Gasteiger partial charge in [-0.2, -0.15) is 0 Å². The van der Waals surface area contributed by atoms with E-state index in [9.17, 15) is 4.79 Å². The van der Waals surface area contributed by atoms with Crippen LogP contribution in [0.3, 0.4) is 0 Å². The van der Waals surface area contributed by atoms with Crippen LogP contribution >= 0.6 is 12.2 Å². The Morgan fingerprint density at radius 3 is 2.46 bits per heavy atom. The number of hydrogen-bond acceptors (Lipinski definition) is 2. The molecule has 5 nitrogen and oxygen atoms in total. The Bertz CT molecular complexity index is 676. The Labute approximate surface area is 161 Å². The maximum absolute atomic E-state index is 12.4. The summed E-state index contributed by atoms with van der Waals surface area (Å²) < 4.78 is 0. The van der Waals surface area contributed by atoms with Crippen molar-refractivity contribution in [3.8, 4) is 0 Å². The molecule has 0 aromatic heterocycles. The SMILES string of the molecule is Cc1cccc(NC(=S)N2CCC(C(N)=O)([NH+]3CCCCC3)CC2)c1C. The minimum atomic E-state index is -0.411. The van der Waals surface area contributed by atoms with Gasteiger partial charge in [-0.3, -0.25) is 4.79 Å². The maximum atomic E-state index is 12.4. The smallest absolute Gasteiger partial charge is 0.278 e. The number of aryl methyl sites for hydroxylation is 1. The number of likely N-dealkylation sites (tertiary alicyclic amines) is 2. The highest BCUT2D eigenvalue weighted by Crippen LogP contribution is 2.23. The molecule has 1 aromatic rings. The summed E-state index contributed by atoms with van der Waals surface area (Å²) in [6.45, 7) is 7.90. The summed E-state index contributed by atoms with van der Waals surface area (Å²) >= 11 is 5.65. The fourth-order valence-corrected chi connectivity index (χ4v) is 4.70. The predicted molar refractivity (Wildman–Crippen MR) is 109 cm³/mol. The lowest BCUT2D eigenvalue weighted by molar-refractivity contribution is -0.948. The Morgan fingerprint density at radius 1 is 1.19 bits per heavy atom. The second kappa shape index (κ2) is 7.92. The Kier molecular flexibility index (Phi) is 5.82. The molecule has 1 aromatic carbocycles. The highest BCUT2D eigenvalue weighted by molar-refractivity contribution is 7.80. The second-order valence-electron chi connectivity index (χ2n) is 7.78. The van der Waals surface area contributed by atoms with Gasteiger partial charge in [0, 0.05) is 31.6 Å². The molecule has 0 saturated carbocycles. The molecule has 0 radical (unpaired) electrons. The molecule has 0 bridgehead atoms. The van der Waals surface area contributed by atoms with Crippen molar-refractivity contribution in [2.75, 3.05) is 31.5 Å². The van der Waals surface area contributed by atoms with Gasteiger partial charge in [0.05, 0.1) is 13.1 Å². The van der Waals surface area contributed by atoms with Crippen molar-refractivity contribution in [3.05, 3.63) is 29.3 Å². The Balaban J connectivity index is 1.65. The molecular weight excluding hydrogens is 344 g/mol. The molecule has 2 heterocycles. The van der Waals surface area contributed by atoms with Crippen molar-refractivity contribution in [1.29, 1.82) is 0 Å². The number of carbonyl (C=O) groups is 1. The van der Waals surface area contributed by atoms with Crippen LogP contribution in [0.25, 0.3) is 0 Å². The van der Waals surface area contributed by atoms with Crippen molar-refractivity contribution in [2.45, 2.75) is 51.5 Å². The van der Waals surface area contributed by atoms with E-state index in [1.165, 1.54) is 35.3 Å². The summed E-state index contributed by atoms with van der Waals surface area (Å²) in [6, 6.07) is 6.21. The third-order valence-electron chi connectivity index (χ3n) is 6.36. The summed E-state index contributed by atoms with van der Waals surface area (Å²) in [5.74, 6) is -0.137. The molecule has 3 rings (SSSR count). The highest BCUT2D eigenvalue weighted by atomic mass is 32.1. The van der Waals surface area contributed by atoms with Crippen LogP contribution in [0.2, 0.25) is 0 Å². The number of nitrogens with zero attached hydrogens (tertiary/aromatic N) is 1. The van der Waals surface area contributed by atoms with E-state index in [1.54, 1.807) is 0 Å². The fourth-order valence-electron chi connectivity index (χ4n) is 4.40. The number of primary amides is 1. The number of hydrogen-bond donors (Lipinski definition) is 3. The zero-order valence-electron chi connectivity index (χ0n) is 15.9. The van der Waals surface area contributed by atoms with Gasteiger partial charge in [0.25, 0.3) is 5.91 Å². The first-order valence-electron chi connectivity index (χ1n) is 9.71. The standard InChI is InChI=1S/C20H30N4OS/c1-15-7-6-8-17(16(15)2)22-19(26)23-13-9-20(10-14-23,18(21)25)24-11-4-3-5-12-24/h6-8H,3-5,9-14H2,1-2H3,(H2,21,25)(H,22,26)/p+1. The maximum Gasteiger partial charge on any atom is 0.278 e. The molecular formula is C20H31N4OS+. The number of anilines is 1. The van der Waals surface area contributed by atoms with Gasteiger partial charge in [0.15, 0.2) is 10.7 Å². The summed E-state index contributed by atoms with van der Waals surface area (Å²) in [6.07, 6.45) is 5.23. The lowest BCUT2D eigenvalue weighted by Crippen LogP contribution is -3.22. The van der Waals surface area contributed by atoms with Crippen molar-refractivity contribution >= 4 is 28.9 Å². The summed E-state index contributed by atoms with van der Waals surface area (Å²) in [4.78, 5) is 15.9. The average Bonchev–Trinajstić information content (AvgIpc) is 2.66. The molecule has 2 aliphatic rings. The number of piperidine rings is 2. The lowest BCUT2D eigenvalue weighted by atomic mass is 9.83. The minimum Gasteiger partial charge on any atom is -0.364 e. The third-order valence-corrected chi connectivity index (χ3v) is 6.72. The zero-order valence-corrected chi connectivity index (χ0v) is 16.8. The summed E-state index contributed by atoms with van der Waals surface area (Å²) in [5.41, 5.74) is 9.00. The lowest BCUT2D eigenvalue weighted by Gasteiger charge is -2.45. The molecule has 0 aliphatic carbocycles. The van der Waals surface area contributed by atoms with Crippen LogP contribution in [0.4, 0.5) is 5.69 Å². The number of carbonyl (C=O) groups excluding carboxylic acids is 1. The van der Waals surface area contributed by atoms with E-state index in [4.69, 9.17) is 18.0 Å². The summed E-state index contributed by atoms with van der Waals surface area (Å²) in [5, 5.41) is 4.13. The molecule has 142 valence electrons. The molecule has 0 unspecified atom stereocenters. The van der Waals surface area contributed by atoms with Gasteiger partial charge in [0.2, 0.25) is 0 Å². The fraction of sp³-hybridized carbons (Fsp3) is 0.600. The van der Waals surface area contributed by atoms with Crippen LogP contribution in [0.15, 0.2) is 18.2 Å². The number of nitrogens with two attached hydrogens (primary N) is 1. The van der Waals surface area contributed by atoms with Crippen molar-refractivity contribution < 1.29 is 9.69 Å². The van der Waals surface area contributed by atoms with E-state index in [0.29, 0.717) is 0 Å². The van der Waals surface area contributed by atoms with Crippen molar-refractivity contribution in [3.63, 3.8) is 0 Å². The van der Waals surface area contributed by atoms with Crippen LogP contribution in [-0.2, 0) is 4.79 Å². The van der Waals surface area contributed by atoms with Gasteiger partial charge < -0.3 is 20.9 Å². The first-order chi connectivity index (χ1) is 12.4. The molecule has 2 aliphatic heterocycles. The minimum absolute atomic E-state index is 0.137. The van der Waals surface area contributed by atoms with Crippen LogP contribution in [0.1, 0.15) is 43.2 Å². The van der Waals surface area contributed by atoms with E-state index < -0.39 is 5.54 Å². The number of benzene rings is 1. The third kappa shape index (κ3) is 3.71. The van der Waals surface area contributed by atoms with E-state index >= 15 is 0 Å². The molecule has 1 amide bonds. The van der Waals surface area contributed by atoms with Crippen LogP contribution < -0.4 is 16.0 Å². The van der Waals surface area contributed by atoms with Gasteiger partial charge in [-0.1, -0.05) is 12.1 Å². The van der Waals surface area contributed by atoms with Gasteiger partial charge in [-0.05, 0) is 62.5 Å². The highest BCUT2D eigenvalue weighted by Gasteiger charge is 2.49. The first kappa shape index (κ1) is 19.1. The average molecular weight is 376 g/mol. The predicted octanol–water partition coefficient (Wildman–Crippen LogP) is 1.39. The molecule has 6 heteroatoms. The number of amides is 1. The van der Waals surface area contributed by atoms with Gasteiger partial charge in [-0.15, -0.1) is 0 Å². The molecule has 0 atom stereocenters. The molecule has 26 heavy (non-hydrogen) atoms. The van der Waals surface area contributed by atoms with E-state index in [1.807, 2.05) is 6.07 Å². The normalized spacial score (nSPS) is 20.6. The zero-order chi connectivity index (χ0) is 18.7. The monoisotopic (exact) mass is 375 g/mol. The largest absolute Gasteiger partial charge is 0.364 e. The number of nitrogens with one attached hydrogen (secondary N) is 2. The number of rotatable bonds is 3. The Morgan fingerprint density at radius 2 is 1.85 bits per heavy atom. The van der Waals surface area contributed by atoms with Crippen molar-refractivity contribution in [1.82, 2.24) is 4.90 Å². The topological polar surface area (TPSA) is 62.8 Å². The molecule has 4 N–H and O–H groups in total. The van der Waals surface area contributed by atoms with Gasteiger partial charge in [-0.25, -0.2) is 0 Å². The first-order valence-corrected chi connectivity index (χ1v) is 10.1. The van der Waals surface area contributed by atoms with Gasteiger partial charge in [0.1, 0.15) is 0 Å². The van der Waals surface area contributed by atoms with Crippen LogP contribution in [0, 0.1) is 13.8 Å². The molecule has 2 fully saturated rings. The number of thiocarbonyl (C=S) groups is 1. The molecule has 2 saturated heterocycles. The summed E-state index contributed by atoms with van der Waals surface area (Å²) in [7, 11) is 0. The number of quaternary nitrogens is 1. The van der Waals surface area contributed by atoms with Crippen LogP contribution in [-0.4, -0.2) is 47.6 Å². The van der Waals surface area contributed by atoms with E-state index in [0.717, 1.165) is 49.8 Å². The van der Waals surface area contributed by atoms with Gasteiger partial charge >= 0.3 is 0 Å².